The van der Waals surface area contributed by atoms with Gasteiger partial charge in [-0.05, 0) is 11.6 Å². The maximum atomic E-state index is 11.7. The Labute approximate surface area is 126 Å². The van der Waals surface area contributed by atoms with Crippen molar-refractivity contribution in [2.75, 3.05) is 20.2 Å². The number of hydrogen-bond acceptors (Lipinski definition) is 7. The van der Waals surface area contributed by atoms with Gasteiger partial charge < -0.3 is 15.8 Å². The molecule has 114 valence electrons. The molecule has 0 fully saturated rings. The number of esters is 1. The minimum atomic E-state index is -1.03. The summed E-state index contributed by atoms with van der Waals surface area (Å²) in [5, 5.41) is 14.0. The summed E-state index contributed by atoms with van der Waals surface area (Å²) >= 11 is 5.67. The number of nitro groups is 1. The Hall–Kier alpha value is -2.19. The van der Waals surface area contributed by atoms with Crippen LogP contribution in [0.4, 0.5) is 0 Å². The number of nitrogens with two attached hydrogens (primary N) is 1. The first kappa shape index (κ1) is 16.9. The predicted octanol–water partition coefficient (Wildman–Crippen LogP) is 0.487. The van der Waals surface area contributed by atoms with Crippen LogP contribution in [0.15, 0.2) is 29.7 Å². The van der Waals surface area contributed by atoms with Crippen LogP contribution in [-0.2, 0) is 16.0 Å². The van der Waals surface area contributed by atoms with Crippen molar-refractivity contribution in [2.24, 2.45) is 5.73 Å². The van der Waals surface area contributed by atoms with E-state index in [9.17, 15) is 14.9 Å². The summed E-state index contributed by atoms with van der Waals surface area (Å²) in [7, 11) is 1.48. The molecule has 0 aromatic carbocycles. The highest BCUT2D eigenvalue weighted by Crippen LogP contribution is 2.13. The monoisotopic (exact) mass is 314 g/mol. The van der Waals surface area contributed by atoms with E-state index in [0.29, 0.717) is 10.7 Å². The summed E-state index contributed by atoms with van der Waals surface area (Å²) in [6, 6.07) is 3.22. The van der Waals surface area contributed by atoms with E-state index in [2.05, 4.69) is 10.3 Å². The first-order valence-corrected chi connectivity index (χ1v) is 6.40. The standard InChI is InChI=1S/C12H15ClN4O4/c1-15-9(6-8-2-3-10(13)16-7-8)11(17(19)20)12(18)21-5-4-14/h2-3,7,15H,4-6,14H2,1H3. The maximum Gasteiger partial charge on any atom is 0.411 e. The highest BCUT2D eigenvalue weighted by molar-refractivity contribution is 6.29. The third-order valence-electron chi connectivity index (χ3n) is 2.48. The number of carbonyl (C=O) groups is 1. The lowest BCUT2D eigenvalue weighted by Crippen LogP contribution is -2.25. The number of rotatable bonds is 7. The first-order chi connectivity index (χ1) is 9.99. The number of ether oxygens (including phenoxy) is 1. The van der Waals surface area contributed by atoms with Crippen LogP contribution >= 0.6 is 11.6 Å². The third kappa shape index (κ3) is 5.01. The number of nitrogens with one attached hydrogen (secondary N) is 1. The molecule has 0 amide bonds. The van der Waals surface area contributed by atoms with Crippen molar-refractivity contribution in [1.29, 1.82) is 0 Å². The molecule has 0 atom stereocenters. The number of allylic oxidation sites excluding steroid dienone is 1. The van der Waals surface area contributed by atoms with E-state index in [0.717, 1.165) is 0 Å². The fraction of sp³-hybridized carbons (Fsp3) is 0.333. The van der Waals surface area contributed by atoms with Crippen LogP contribution in [0.1, 0.15) is 5.56 Å². The van der Waals surface area contributed by atoms with Crippen LogP contribution in [0.5, 0.6) is 0 Å². The molecule has 9 heteroatoms. The second-order valence-electron chi connectivity index (χ2n) is 3.92. The number of halogens is 1. The number of nitrogens with zero attached hydrogens (tertiary/aromatic N) is 2. The minimum Gasteiger partial charge on any atom is -0.456 e. The normalized spacial score (nSPS) is 11.6. The fourth-order valence-electron chi connectivity index (χ4n) is 1.53. The first-order valence-electron chi connectivity index (χ1n) is 6.02. The van der Waals surface area contributed by atoms with E-state index in [1.54, 1.807) is 12.1 Å². The second kappa shape index (κ2) is 8.18. The van der Waals surface area contributed by atoms with E-state index in [-0.39, 0.29) is 25.3 Å². The average molecular weight is 315 g/mol. The zero-order valence-corrected chi connectivity index (χ0v) is 12.1. The third-order valence-corrected chi connectivity index (χ3v) is 2.71. The van der Waals surface area contributed by atoms with Crippen LogP contribution in [0.3, 0.4) is 0 Å². The van der Waals surface area contributed by atoms with Gasteiger partial charge in [0.05, 0.1) is 4.92 Å². The lowest BCUT2D eigenvalue weighted by molar-refractivity contribution is -0.422. The number of aromatic nitrogens is 1. The van der Waals surface area contributed by atoms with E-state index >= 15 is 0 Å². The van der Waals surface area contributed by atoms with Crippen LogP contribution in [0.2, 0.25) is 5.15 Å². The molecule has 1 heterocycles. The van der Waals surface area contributed by atoms with Crippen LogP contribution in [-0.4, -0.2) is 36.1 Å². The smallest absolute Gasteiger partial charge is 0.411 e. The van der Waals surface area contributed by atoms with Gasteiger partial charge in [0, 0.05) is 26.2 Å². The molecule has 21 heavy (non-hydrogen) atoms. The molecular formula is C12H15ClN4O4. The largest absolute Gasteiger partial charge is 0.456 e. The van der Waals surface area contributed by atoms with Gasteiger partial charge in [-0.2, -0.15) is 0 Å². The van der Waals surface area contributed by atoms with Gasteiger partial charge in [0.2, 0.25) is 0 Å². The van der Waals surface area contributed by atoms with Crippen LogP contribution < -0.4 is 11.1 Å². The molecule has 1 aromatic heterocycles. The number of carbonyl (C=O) groups excluding carboxylic acids is 1. The Balaban J connectivity index is 3.05. The second-order valence-corrected chi connectivity index (χ2v) is 4.31. The molecule has 0 radical (unpaired) electrons. The minimum absolute atomic E-state index is 0.0876. The van der Waals surface area contributed by atoms with Crippen molar-refractivity contribution in [3.05, 3.63) is 50.6 Å². The van der Waals surface area contributed by atoms with Gasteiger partial charge in [0.25, 0.3) is 0 Å². The molecule has 8 nitrogen and oxygen atoms in total. The van der Waals surface area contributed by atoms with E-state index in [1.807, 2.05) is 0 Å². The van der Waals surface area contributed by atoms with Gasteiger partial charge in [-0.15, -0.1) is 0 Å². The van der Waals surface area contributed by atoms with E-state index in [4.69, 9.17) is 22.1 Å². The van der Waals surface area contributed by atoms with Crippen LogP contribution in [0, 0.1) is 10.1 Å². The van der Waals surface area contributed by atoms with Gasteiger partial charge in [0.1, 0.15) is 17.5 Å². The summed E-state index contributed by atoms with van der Waals surface area (Å²) in [5.74, 6) is -1.03. The molecule has 0 aliphatic carbocycles. The van der Waals surface area contributed by atoms with Crippen LogP contribution in [0.25, 0.3) is 0 Å². The molecule has 0 aliphatic rings. The van der Waals surface area contributed by atoms with E-state index in [1.165, 1.54) is 13.2 Å². The zero-order valence-electron chi connectivity index (χ0n) is 11.3. The molecule has 0 saturated carbocycles. The van der Waals surface area contributed by atoms with Crippen molar-refractivity contribution < 1.29 is 14.5 Å². The lowest BCUT2D eigenvalue weighted by atomic mass is 10.1. The van der Waals surface area contributed by atoms with E-state index < -0.39 is 16.6 Å². The highest BCUT2D eigenvalue weighted by atomic mass is 35.5. The summed E-state index contributed by atoms with van der Waals surface area (Å²) in [5.41, 5.74) is 5.33. The molecular weight excluding hydrogens is 300 g/mol. The Kier molecular flexibility index (Phi) is 6.57. The molecule has 1 rings (SSSR count). The molecule has 0 unspecified atom stereocenters. The van der Waals surface area contributed by atoms with Gasteiger partial charge in [-0.1, -0.05) is 17.7 Å². The summed E-state index contributed by atoms with van der Waals surface area (Å²) in [4.78, 5) is 25.9. The summed E-state index contributed by atoms with van der Waals surface area (Å²) in [6.45, 7) is 0.00237. The van der Waals surface area contributed by atoms with Gasteiger partial charge in [0.15, 0.2) is 0 Å². The molecule has 1 aromatic rings. The Bertz CT molecular complexity index is 545. The Morgan fingerprint density at radius 1 is 1.57 bits per heavy atom. The number of pyridine rings is 1. The fourth-order valence-corrected chi connectivity index (χ4v) is 1.65. The molecule has 0 spiro atoms. The lowest BCUT2D eigenvalue weighted by Gasteiger charge is -2.08. The van der Waals surface area contributed by atoms with Crippen molar-refractivity contribution in [3.63, 3.8) is 0 Å². The molecule has 0 bridgehead atoms. The van der Waals surface area contributed by atoms with Crippen molar-refractivity contribution in [2.45, 2.75) is 6.42 Å². The topological polar surface area (TPSA) is 120 Å². The molecule has 0 aliphatic heterocycles. The van der Waals surface area contributed by atoms with Crippen molar-refractivity contribution in [3.8, 4) is 0 Å². The molecule has 0 saturated heterocycles. The average Bonchev–Trinajstić information content (AvgIpc) is 2.46. The quantitative estimate of drug-likeness (QED) is 0.247. The van der Waals surface area contributed by atoms with Gasteiger partial charge in [-0.3, -0.25) is 10.1 Å². The number of hydrogen-bond donors (Lipinski definition) is 2. The number of likely N-dealkylation sites (N-methyl/N-ethyl adjacent to an activating group) is 1. The van der Waals surface area contributed by atoms with Crippen molar-refractivity contribution in [1.82, 2.24) is 10.3 Å². The summed E-state index contributed by atoms with van der Waals surface area (Å²) in [6.07, 6.45) is 1.59. The SMILES string of the molecule is CNC(Cc1ccc(Cl)nc1)=C(C(=O)OCCN)[N+](=O)[O-]. The predicted molar refractivity (Wildman–Crippen MR) is 76.0 cm³/mol. The summed E-state index contributed by atoms with van der Waals surface area (Å²) < 4.78 is 4.71. The zero-order chi connectivity index (χ0) is 15.8. The highest BCUT2D eigenvalue weighted by Gasteiger charge is 2.29. The molecule has 3 N–H and O–H groups in total. The maximum absolute atomic E-state index is 11.7. The van der Waals surface area contributed by atoms with Gasteiger partial charge in [-0.25, -0.2) is 9.78 Å². The Morgan fingerprint density at radius 3 is 2.76 bits per heavy atom. The van der Waals surface area contributed by atoms with Crippen molar-refractivity contribution >= 4 is 17.6 Å². The van der Waals surface area contributed by atoms with Gasteiger partial charge >= 0.3 is 11.7 Å². The Morgan fingerprint density at radius 2 is 2.29 bits per heavy atom.